The van der Waals surface area contributed by atoms with E-state index in [-0.39, 0.29) is 5.91 Å². The van der Waals surface area contributed by atoms with Crippen molar-refractivity contribution in [2.75, 3.05) is 17.2 Å². The van der Waals surface area contributed by atoms with Crippen molar-refractivity contribution in [3.63, 3.8) is 0 Å². The Morgan fingerprint density at radius 1 is 1.50 bits per heavy atom. The molecule has 2 aromatic heterocycles. The fraction of sp³-hybridized carbons (Fsp3) is 0.357. The van der Waals surface area contributed by atoms with E-state index in [4.69, 9.17) is 0 Å². The molecular formula is C14H16N4OS. The van der Waals surface area contributed by atoms with Gasteiger partial charge < -0.3 is 5.32 Å². The van der Waals surface area contributed by atoms with E-state index in [1.165, 1.54) is 24.2 Å². The Balaban J connectivity index is 1.69. The minimum atomic E-state index is -0.221. The van der Waals surface area contributed by atoms with Gasteiger partial charge in [-0.05, 0) is 31.9 Å². The summed E-state index contributed by atoms with van der Waals surface area (Å²) < 4.78 is 0. The summed E-state index contributed by atoms with van der Waals surface area (Å²) >= 11 is 1.47. The molecule has 0 spiro atoms. The molecule has 5 nitrogen and oxygen atoms in total. The predicted octanol–water partition coefficient (Wildman–Crippen LogP) is 3.10. The first-order valence-electron chi connectivity index (χ1n) is 6.73. The predicted molar refractivity (Wildman–Crippen MR) is 80.4 cm³/mol. The van der Waals surface area contributed by atoms with E-state index in [0.29, 0.717) is 16.7 Å². The maximum absolute atomic E-state index is 12.1. The van der Waals surface area contributed by atoms with Crippen molar-refractivity contribution in [1.29, 1.82) is 0 Å². The third kappa shape index (κ3) is 2.96. The van der Waals surface area contributed by atoms with Gasteiger partial charge in [0.05, 0.1) is 5.69 Å². The van der Waals surface area contributed by atoms with Gasteiger partial charge >= 0.3 is 0 Å². The summed E-state index contributed by atoms with van der Waals surface area (Å²) in [5.74, 6) is 0.383. The number of thiazole rings is 1. The number of nitrogens with zero attached hydrogens (tertiary/aromatic N) is 2. The number of amides is 1. The van der Waals surface area contributed by atoms with Gasteiger partial charge in [0.25, 0.3) is 5.91 Å². The number of aromatic nitrogens is 2. The van der Waals surface area contributed by atoms with Gasteiger partial charge in [0.15, 0.2) is 5.13 Å². The third-order valence-electron chi connectivity index (χ3n) is 3.11. The molecule has 1 saturated carbocycles. The summed E-state index contributed by atoms with van der Waals surface area (Å²) in [6.07, 6.45) is 4.05. The Morgan fingerprint density at radius 3 is 3.10 bits per heavy atom. The molecule has 0 unspecified atom stereocenters. The third-order valence-corrected chi connectivity index (χ3v) is 3.89. The first-order chi connectivity index (χ1) is 9.76. The standard InChI is InChI=1S/C14H16N4OS/c1-2-15-10-5-6-16-11(7-10)13(19)18-14-17-12(8-20-14)9-3-4-9/h5-9H,2-4H2,1H3,(H,15,16)(H,17,18,19). The maximum atomic E-state index is 12.1. The van der Waals surface area contributed by atoms with E-state index < -0.39 is 0 Å². The Bertz CT molecular complexity index is 621. The van der Waals surface area contributed by atoms with Crippen molar-refractivity contribution in [2.24, 2.45) is 0 Å². The summed E-state index contributed by atoms with van der Waals surface area (Å²) in [7, 11) is 0. The molecule has 1 amide bonds. The number of pyridine rings is 1. The molecule has 0 aliphatic heterocycles. The molecule has 2 aromatic rings. The number of nitrogens with one attached hydrogen (secondary N) is 2. The number of carbonyl (C=O) groups is 1. The highest BCUT2D eigenvalue weighted by atomic mass is 32.1. The van der Waals surface area contributed by atoms with Crippen molar-refractivity contribution in [1.82, 2.24) is 9.97 Å². The highest BCUT2D eigenvalue weighted by molar-refractivity contribution is 7.14. The molecule has 1 aliphatic carbocycles. The Kier molecular flexibility index (Phi) is 3.64. The lowest BCUT2D eigenvalue weighted by atomic mass is 10.3. The molecule has 3 rings (SSSR count). The monoisotopic (exact) mass is 288 g/mol. The fourth-order valence-corrected chi connectivity index (χ4v) is 2.73. The van der Waals surface area contributed by atoms with Crippen LogP contribution in [0.2, 0.25) is 0 Å². The lowest BCUT2D eigenvalue weighted by Gasteiger charge is -2.05. The first-order valence-corrected chi connectivity index (χ1v) is 7.61. The molecule has 1 fully saturated rings. The zero-order valence-corrected chi connectivity index (χ0v) is 12.0. The highest BCUT2D eigenvalue weighted by Gasteiger charge is 2.26. The van der Waals surface area contributed by atoms with Crippen LogP contribution in [-0.2, 0) is 0 Å². The van der Waals surface area contributed by atoms with Crippen LogP contribution in [0.5, 0.6) is 0 Å². The van der Waals surface area contributed by atoms with Gasteiger partial charge in [-0.15, -0.1) is 11.3 Å². The Hall–Kier alpha value is -1.95. The van der Waals surface area contributed by atoms with Gasteiger partial charge in [0.2, 0.25) is 0 Å². The molecule has 6 heteroatoms. The first kappa shape index (κ1) is 13.1. The number of rotatable bonds is 5. The van der Waals surface area contributed by atoms with Crippen LogP contribution in [0.1, 0.15) is 41.9 Å². The zero-order chi connectivity index (χ0) is 13.9. The largest absolute Gasteiger partial charge is 0.385 e. The minimum absolute atomic E-state index is 0.221. The lowest BCUT2D eigenvalue weighted by molar-refractivity contribution is 0.102. The smallest absolute Gasteiger partial charge is 0.276 e. The van der Waals surface area contributed by atoms with E-state index in [1.807, 2.05) is 18.4 Å². The van der Waals surface area contributed by atoms with Gasteiger partial charge in [0, 0.05) is 29.7 Å². The second kappa shape index (κ2) is 5.58. The Morgan fingerprint density at radius 2 is 2.35 bits per heavy atom. The van der Waals surface area contributed by atoms with Crippen LogP contribution in [0.3, 0.4) is 0 Å². The molecule has 2 N–H and O–H groups in total. The average molecular weight is 288 g/mol. The van der Waals surface area contributed by atoms with Crippen molar-refractivity contribution >= 4 is 28.1 Å². The van der Waals surface area contributed by atoms with Crippen LogP contribution >= 0.6 is 11.3 Å². The number of hydrogen-bond donors (Lipinski definition) is 2. The SMILES string of the molecule is CCNc1ccnc(C(=O)Nc2nc(C3CC3)cs2)c1. The van der Waals surface area contributed by atoms with E-state index in [1.54, 1.807) is 12.3 Å². The van der Waals surface area contributed by atoms with Crippen molar-refractivity contribution < 1.29 is 4.79 Å². The van der Waals surface area contributed by atoms with Crippen molar-refractivity contribution in [3.05, 3.63) is 35.1 Å². The number of carbonyl (C=O) groups excluding carboxylic acids is 1. The Labute approximate surface area is 121 Å². The zero-order valence-electron chi connectivity index (χ0n) is 11.2. The second-order valence-electron chi connectivity index (χ2n) is 4.77. The molecule has 0 saturated heterocycles. The van der Waals surface area contributed by atoms with Crippen LogP contribution in [0, 0.1) is 0 Å². The van der Waals surface area contributed by atoms with Crippen LogP contribution in [0.25, 0.3) is 0 Å². The maximum Gasteiger partial charge on any atom is 0.276 e. The van der Waals surface area contributed by atoms with Gasteiger partial charge in [0.1, 0.15) is 5.69 Å². The van der Waals surface area contributed by atoms with E-state index in [0.717, 1.165) is 17.9 Å². The summed E-state index contributed by atoms with van der Waals surface area (Å²) in [5, 5.41) is 8.64. The van der Waals surface area contributed by atoms with Crippen LogP contribution in [0.4, 0.5) is 10.8 Å². The van der Waals surface area contributed by atoms with E-state index >= 15 is 0 Å². The van der Waals surface area contributed by atoms with Crippen molar-refractivity contribution in [2.45, 2.75) is 25.7 Å². The topological polar surface area (TPSA) is 66.9 Å². The number of anilines is 2. The molecule has 20 heavy (non-hydrogen) atoms. The molecule has 0 bridgehead atoms. The van der Waals surface area contributed by atoms with Crippen LogP contribution in [-0.4, -0.2) is 22.4 Å². The minimum Gasteiger partial charge on any atom is -0.385 e. The van der Waals surface area contributed by atoms with E-state index in [9.17, 15) is 4.79 Å². The lowest BCUT2D eigenvalue weighted by Crippen LogP contribution is -2.14. The molecular weight excluding hydrogens is 272 g/mol. The molecule has 0 radical (unpaired) electrons. The van der Waals surface area contributed by atoms with Gasteiger partial charge in [-0.2, -0.15) is 0 Å². The molecule has 0 atom stereocenters. The normalized spacial score (nSPS) is 14.1. The molecule has 0 aromatic carbocycles. The van der Waals surface area contributed by atoms with Gasteiger partial charge in [-0.1, -0.05) is 0 Å². The highest BCUT2D eigenvalue weighted by Crippen LogP contribution is 2.40. The van der Waals surface area contributed by atoms with E-state index in [2.05, 4.69) is 20.6 Å². The molecule has 2 heterocycles. The molecule has 104 valence electrons. The summed E-state index contributed by atoms with van der Waals surface area (Å²) in [4.78, 5) is 20.7. The van der Waals surface area contributed by atoms with Gasteiger partial charge in [-0.25, -0.2) is 4.98 Å². The quantitative estimate of drug-likeness (QED) is 0.887. The summed E-state index contributed by atoms with van der Waals surface area (Å²) in [6.45, 7) is 2.82. The second-order valence-corrected chi connectivity index (χ2v) is 5.62. The molecule has 1 aliphatic rings. The average Bonchev–Trinajstić information content (AvgIpc) is 3.20. The van der Waals surface area contributed by atoms with Crippen LogP contribution < -0.4 is 10.6 Å². The summed E-state index contributed by atoms with van der Waals surface area (Å²) in [5.41, 5.74) is 2.39. The van der Waals surface area contributed by atoms with Crippen molar-refractivity contribution in [3.8, 4) is 0 Å². The summed E-state index contributed by atoms with van der Waals surface area (Å²) in [6, 6.07) is 3.59. The number of hydrogen-bond acceptors (Lipinski definition) is 5. The van der Waals surface area contributed by atoms with Crippen LogP contribution in [0.15, 0.2) is 23.7 Å². The van der Waals surface area contributed by atoms with Gasteiger partial charge in [-0.3, -0.25) is 15.1 Å². The fourth-order valence-electron chi connectivity index (χ4n) is 1.94.